The minimum Gasteiger partial charge on any atom is -0.456 e. The number of para-hydroxylation sites is 1. The van der Waals surface area contributed by atoms with E-state index in [4.69, 9.17) is 4.42 Å². The summed E-state index contributed by atoms with van der Waals surface area (Å²) in [7, 11) is 0. The predicted octanol–water partition coefficient (Wildman–Crippen LogP) is 12.5. The Kier molecular flexibility index (Phi) is 6.09. The molecular weight excluding hydrogens is 579 g/mol. The first-order chi connectivity index (χ1) is 22.8. The van der Waals surface area contributed by atoms with Gasteiger partial charge in [0.05, 0.1) is 11.6 Å². The van der Waals surface area contributed by atoms with Crippen LogP contribution in [0, 0.1) is 11.3 Å². The smallest absolute Gasteiger partial charge is 0.135 e. The van der Waals surface area contributed by atoms with Crippen LogP contribution in [0.2, 0.25) is 0 Å². The van der Waals surface area contributed by atoms with E-state index in [2.05, 4.69) is 121 Å². The Balaban J connectivity index is 1.32. The predicted molar refractivity (Wildman–Crippen MR) is 193 cm³/mol. The normalized spacial score (nSPS) is 11.5. The average Bonchev–Trinajstić information content (AvgIpc) is 3.69. The lowest BCUT2D eigenvalue weighted by Crippen LogP contribution is -1.92. The first-order valence-electron chi connectivity index (χ1n) is 15.3. The third-order valence-corrected chi connectivity index (χ3v) is 10.2. The van der Waals surface area contributed by atoms with Crippen molar-refractivity contribution in [2.45, 2.75) is 0 Å². The first kappa shape index (κ1) is 26.5. The molecule has 2 nitrogen and oxygen atoms in total. The zero-order valence-electron chi connectivity index (χ0n) is 24.7. The number of thiophene rings is 1. The highest BCUT2D eigenvalue weighted by atomic mass is 32.1. The molecule has 9 aromatic rings. The molecule has 0 spiro atoms. The zero-order chi connectivity index (χ0) is 30.6. The van der Waals surface area contributed by atoms with Gasteiger partial charge in [0.15, 0.2) is 0 Å². The topological polar surface area (TPSA) is 36.9 Å². The van der Waals surface area contributed by atoms with Crippen molar-refractivity contribution in [1.29, 1.82) is 5.26 Å². The highest BCUT2D eigenvalue weighted by Crippen LogP contribution is 2.46. The molecule has 7 aromatic carbocycles. The molecule has 2 heterocycles. The Morgan fingerprint density at radius 2 is 1.04 bits per heavy atom. The summed E-state index contributed by atoms with van der Waals surface area (Å²) in [5.74, 6) is 0. The van der Waals surface area contributed by atoms with Crippen molar-refractivity contribution >= 4 is 53.4 Å². The van der Waals surface area contributed by atoms with Crippen LogP contribution in [0.5, 0.6) is 0 Å². The Morgan fingerprint density at radius 3 is 1.91 bits per heavy atom. The van der Waals surface area contributed by atoms with Gasteiger partial charge in [-0.3, -0.25) is 0 Å². The summed E-state index contributed by atoms with van der Waals surface area (Å²) < 4.78 is 8.70. The van der Waals surface area contributed by atoms with Crippen LogP contribution in [0.15, 0.2) is 156 Å². The Bertz CT molecular complexity index is 2670. The van der Waals surface area contributed by atoms with E-state index in [1.165, 1.54) is 25.7 Å². The van der Waals surface area contributed by atoms with Gasteiger partial charge in [-0.15, -0.1) is 11.3 Å². The third-order valence-electron chi connectivity index (χ3n) is 8.98. The SMILES string of the molecule is N#Cc1ccccc1-c1ccccc1-c1cc(-c2ccc3oc4ccccc4c3c2)ccc1-c1cccc2c1sc1ccccc12. The van der Waals surface area contributed by atoms with Crippen LogP contribution in [0.3, 0.4) is 0 Å². The molecule has 0 fully saturated rings. The van der Waals surface area contributed by atoms with Gasteiger partial charge in [-0.1, -0.05) is 115 Å². The molecular formula is C43H25NOS. The largest absolute Gasteiger partial charge is 0.456 e. The quantitative estimate of drug-likeness (QED) is 0.201. The minimum atomic E-state index is 0.663. The van der Waals surface area contributed by atoms with Gasteiger partial charge in [0.2, 0.25) is 0 Å². The van der Waals surface area contributed by atoms with Gasteiger partial charge in [-0.05, 0) is 69.8 Å². The van der Waals surface area contributed by atoms with Gasteiger partial charge in [0, 0.05) is 42.1 Å². The molecule has 0 radical (unpaired) electrons. The number of nitriles is 1. The minimum absolute atomic E-state index is 0.663. The Labute approximate surface area is 270 Å². The number of hydrogen-bond acceptors (Lipinski definition) is 3. The summed E-state index contributed by atoms with van der Waals surface area (Å²) in [6.45, 7) is 0. The van der Waals surface area contributed by atoms with E-state index in [-0.39, 0.29) is 0 Å². The maximum atomic E-state index is 10.0. The fourth-order valence-electron chi connectivity index (χ4n) is 6.81. The van der Waals surface area contributed by atoms with Crippen LogP contribution in [0.25, 0.3) is 86.6 Å². The lowest BCUT2D eigenvalue weighted by atomic mass is 9.86. The Morgan fingerprint density at radius 1 is 0.435 bits per heavy atom. The molecule has 0 aliphatic heterocycles. The second-order valence-electron chi connectivity index (χ2n) is 11.6. The van der Waals surface area contributed by atoms with Gasteiger partial charge in [0.25, 0.3) is 0 Å². The molecule has 0 aliphatic carbocycles. The van der Waals surface area contributed by atoms with Crippen LogP contribution >= 0.6 is 11.3 Å². The molecule has 214 valence electrons. The monoisotopic (exact) mass is 603 g/mol. The van der Waals surface area contributed by atoms with E-state index in [9.17, 15) is 5.26 Å². The fourth-order valence-corrected chi connectivity index (χ4v) is 8.05. The molecule has 0 saturated heterocycles. The van der Waals surface area contributed by atoms with Gasteiger partial charge in [0.1, 0.15) is 11.2 Å². The van der Waals surface area contributed by atoms with Crippen molar-refractivity contribution in [2.24, 2.45) is 0 Å². The maximum absolute atomic E-state index is 10.0. The van der Waals surface area contributed by atoms with E-state index < -0.39 is 0 Å². The third kappa shape index (κ3) is 4.16. The zero-order valence-corrected chi connectivity index (χ0v) is 25.5. The summed E-state index contributed by atoms with van der Waals surface area (Å²) in [6.07, 6.45) is 0. The second-order valence-corrected chi connectivity index (χ2v) is 12.6. The van der Waals surface area contributed by atoms with E-state index >= 15 is 0 Å². The van der Waals surface area contributed by atoms with Gasteiger partial charge >= 0.3 is 0 Å². The molecule has 9 rings (SSSR count). The highest BCUT2D eigenvalue weighted by molar-refractivity contribution is 7.26. The highest BCUT2D eigenvalue weighted by Gasteiger charge is 2.19. The maximum Gasteiger partial charge on any atom is 0.135 e. The van der Waals surface area contributed by atoms with Crippen molar-refractivity contribution in [1.82, 2.24) is 0 Å². The lowest BCUT2D eigenvalue weighted by Gasteiger charge is -2.17. The van der Waals surface area contributed by atoms with E-state index in [1.54, 1.807) is 0 Å². The lowest BCUT2D eigenvalue weighted by molar-refractivity contribution is 0.669. The van der Waals surface area contributed by atoms with Crippen molar-refractivity contribution in [2.75, 3.05) is 0 Å². The van der Waals surface area contributed by atoms with Crippen LogP contribution in [0.4, 0.5) is 0 Å². The van der Waals surface area contributed by atoms with Crippen molar-refractivity contribution in [3.8, 4) is 50.6 Å². The number of benzene rings is 7. The van der Waals surface area contributed by atoms with Crippen LogP contribution in [-0.4, -0.2) is 0 Å². The van der Waals surface area contributed by atoms with Gasteiger partial charge in [-0.2, -0.15) is 5.26 Å². The molecule has 0 unspecified atom stereocenters. The fraction of sp³-hybridized carbons (Fsp3) is 0. The first-order valence-corrected chi connectivity index (χ1v) is 16.1. The van der Waals surface area contributed by atoms with Crippen molar-refractivity contribution in [3.05, 3.63) is 157 Å². The van der Waals surface area contributed by atoms with Crippen molar-refractivity contribution in [3.63, 3.8) is 0 Å². The molecule has 46 heavy (non-hydrogen) atoms. The van der Waals surface area contributed by atoms with Gasteiger partial charge < -0.3 is 4.42 Å². The number of nitrogens with zero attached hydrogens (tertiary/aromatic N) is 1. The number of rotatable bonds is 4. The summed E-state index contributed by atoms with van der Waals surface area (Å²) >= 11 is 1.84. The number of hydrogen-bond donors (Lipinski definition) is 0. The molecule has 0 N–H and O–H groups in total. The van der Waals surface area contributed by atoms with Crippen LogP contribution in [-0.2, 0) is 0 Å². The molecule has 0 amide bonds. The molecule has 0 saturated carbocycles. The van der Waals surface area contributed by atoms with Crippen LogP contribution in [0.1, 0.15) is 5.56 Å². The summed E-state index contributed by atoms with van der Waals surface area (Å²) in [5.41, 5.74) is 11.3. The standard InChI is InChI=1S/C43H25NOS/c44-26-29-10-1-2-11-30(29)31-12-3-4-13-32(31)38-24-27(28-21-23-41-39(25-28)34-14-5-7-18-40(34)45-41)20-22-33(38)36-16-9-17-37-35-15-6-8-19-42(35)46-43(36)37/h1-25H. The number of fused-ring (bicyclic) bond motifs is 6. The van der Waals surface area contributed by atoms with E-state index in [0.717, 1.165) is 60.9 Å². The molecule has 3 heteroatoms. The van der Waals surface area contributed by atoms with Crippen LogP contribution < -0.4 is 0 Å². The molecule has 0 aliphatic rings. The van der Waals surface area contributed by atoms with E-state index in [0.29, 0.717) is 5.56 Å². The molecule has 2 aromatic heterocycles. The molecule has 0 atom stereocenters. The van der Waals surface area contributed by atoms with Crippen molar-refractivity contribution < 1.29 is 4.42 Å². The summed E-state index contributed by atoms with van der Waals surface area (Å²) in [4.78, 5) is 0. The second kappa shape index (κ2) is 10.6. The van der Waals surface area contributed by atoms with Gasteiger partial charge in [-0.25, -0.2) is 0 Å². The Hall–Kier alpha value is -5.95. The van der Waals surface area contributed by atoms with E-state index in [1.807, 2.05) is 47.7 Å². The summed E-state index contributed by atoms with van der Waals surface area (Å²) in [5, 5.41) is 14.8. The number of furan rings is 1. The molecule has 0 bridgehead atoms. The summed E-state index contributed by atoms with van der Waals surface area (Å²) in [6, 6.07) is 55.5. The average molecular weight is 604 g/mol.